The lowest BCUT2D eigenvalue weighted by Gasteiger charge is -2.24. The topological polar surface area (TPSA) is 103 Å². The molecule has 1 aliphatic heterocycles. The third-order valence-electron chi connectivity index (χ3n) is 5.57. The molecule has 1 aromatic rings. The molecule has 1 aliphatic carbocycles. The van der Waals surface area contributed by atoms with E-state index in [0.717, 1.165) is 12.8 Å². The van der Waals surface area contributed by atoms with E-state index in [1.807, 2.05) is 24.3 Å². The van der Waals surface area contributed by atoms with Crippen molar-refractivity contribution in [1.82, 2.24) is 10.0 Å². The van der Waals surface area contributed by atoms with Gasteiger partial charge in [0, 0.05) is 12.6 Å². The molecule has 0 radical (unpaired) electrons. The fourth-order valence-corrected chi connectivity index (χ4v) is 4.12. The molecule has 1 saturated heterocycles. The van der Waals surface area contributed by atoms with Crippen LogP contribution in [0.4, 0.5) is 0 Å². The van der Waals surface area contributed by atoms with Gasteiger partial charge in [0.2, 0.25) is 12.2 Å². The van der Waals surface area contributed by atoms with Crippen LogP contribution in [0.25, 0.3) is 0 Å². The lowest BCUT2D eigenvalue weighted by molar-refractivity contribution is 0.0501. The van der Waals surface area contributed by atoms with Gasteiger partial charge in [-0.2, -0.15) is 4.55 Å². The molecule has 6 atom stereocenters. The third kappa shape index (κ3) is 7.40. The van der Waals surface area contributed by atoms with E-state index in [2.05, 4.69) is 34.8 Å². The second-order valence-corrected chi connectivity index (χ2v) is 8.32. The Morgan fingerprint density at radius 3 is 2.75 bits per heavy atom. The van der Waals surface area contributed by atoms with Crippen molar-refractivity contribution in [2.75, 3.05) is 13.3 Å². The minimum Gasteiger partial charge on any atom is -0.387 e. The Bertz CT molecular complexity index is 801. The van der Waals surface area contributed by atoms with Gasteiger partial charge in [-0.15, -0.1) is 11.3 Å². The summed E-state index contributed by atoms with van der Waals surface area (Å²) in [6.07, 6.45) is 10.8. The number of aliphatic hydroxyl groups excluding tert-OH is 2. The van der Waals surface area contributed by atoms with Crippen molar-refractivity contribution in [1.29, 1.82) is 0 Å². The van der Waals surface area contributed by atoms with Gasteiger partial charge in [-0.1, -0.05) is 66.8 Å². The molecule has 2 aliphatic rings. The van der Waals surface area contributed by atoms with Crippen LogP contribution < -0.4 is 10.0 Å². The fraction of sp³-hybridized carbons (Fsp3) is 0.417. The van der Waals surface area contributed by atoms with Crippen LogP contribution in [0.1, 0.15) is 12.0 Å². The van der Waals surface area contributed by atoms with E-state index in [1.54, 1.807) is 24.3 Å². The smallest absolute Gasteiger partial charge is 0.220 e. The molecule has 3 rings (SSSR count). The number of thiol groups is 1. The quantitative estimate of drug-likeness (QED) is 0.182. The highest BCUT2D eigenvalue weighted by Crippen LogP contribution is 2.17. The van der Waals surface area contributed by atoms with Crippen LogP contribution in [0.2, 0.25) is 0 Å². The van der Waals surface area contributed by atoms with Gasteiger partial charge >= 0.3 is 0 Å². The SMILES string of the molecule is C=CC1OCOC1/C=C\C[C@H](Cc1ccccc1)NC[C@H](O)C1=CC(N[SH+]O)C(O)C=C1. The summed E-state index contributed by atoms with van der Waals surface area (Å²) in [6, 6.07) is 9.89. The van der Waals surface area contributed by atoms with Gasteiger partial charge in [0.15, 0.2) is 0 Å². The Hall–Kier alpha value is -1.75. The summed E-state index contributed by atoms with van der Waals surface area (Å²) in [5.74, 6) is 0. The average Bonchev–Trinajstić information content (AvgIpc) is 3.27. The van der Waals surface area contributed by atoms with E-state index in [4.69, 9.17) is 14.0 Å². The number of rotatable bonds is 12. The number of hydrogen-bond acceptors (Lipinski definition) is 7. The van der Waals surface area contributed by atoms with Crippen LogP contribution in [0.15, 0.2) is 78.9 Å². The van der Waals surface area contributed by atoms with Gasteiger partial charge in [-0.3, -0.25) is 0 Å². The van der Waals surface area contributed by atoms with E-state index < -0.39 is 18.2 Å². The lowest BCUT2D eigenvalue weighted by atomic mass is 9.96. The maximum absolute atomic E-state index is 10.7. The maximum Gasteiger partial charge on any atom is 0.220 e. The van der Waals surface area contributed by atoms with E-state index in [-0.39, 0.29) is 37.3 Å². The summed E-state index contributed by atoms with van der Waals surface area (Å²) in [5.41, 5.74) is 1.91. The molecule has 1 aromatic carbocycles. The predicted molar refractivity (Wildman–Crippen MR) is 128 cm³/mol. The van der Waals surface area contributed by atoms with Crippen molar-refractivity contribution in [2.45, 2.75) is 49.3 Å². The summed E-state index contributed by atoms with van der Waals surface area (Å²) in [4.78, 5) is 0. The zero-order valence-corrected chi connectivity index (χ0v) is 18.9. The summed E-state index contributed by atoms with van der Waals surface area (Å²) in [7, 11) is 0. The van der Waals surface area contributed by atoms with Crippen LogP contribution in [-0.2, 0) is 28.1 Å². The minimum absolute atomic E-state index is 0.0164. The van der Waals surface area contributed by atoms with Gasteiger partial charge in [0.1, 0.15) is 25.0 Å². The third-order valence-corrected chi connectivity index (χ3v) is 5.98. The van der Waals surface area contributed by atoms with Crippen molar-refractivity contribution in [2.24, 2.45) is 0 Å². The molecule has 5 N–H and O–H groups in total. The van der Waals surface area contributed by atoms with Crippen molar-refractivity contribution in [3.05, 3.63) is 84.5 Å². The highest BCUT2D eigenvalue weighted by molar-refractivity contribution is 7.70. The molecule has 7 nitrogen and oxygen atoms in total. The molecule has 1 fully saturated rings. The molecule has 0 bridgehead atoms. The standard InChI is InChI=1S/C24H32N2O5S/c1-2-23-24(31-16-30-23)10-6-9-19(13-17-7-4-3-5-8-17)25-15-22(28)18-11-12-21(27)20(14-18)26-32-29/h2-8,10-12,14,19-29H,1,9,13,15-16H2/p+1/b10-6-/t19-,20?,21?,22+,23?,24?/m1/s1. The molecule has 0 amide bonds. The number of ether oxygens (including phenoxy) is 2. The molecule has 0 saturated carbocycles. The Kier molecular flexibility index (Phi) is 10.2. The van der Waals surface area contributed by atoms with Gasteiger partial charge in [0.05, 0.1) is 12.2 Å². The molecular formula is C24H33N2O5S+. The largest absolute Gasteiger partial charge is 0.387 e. The first-order valence-electron chi connectivity index (χ1n) is 10.8. The fourth-order valence-electron chi connectivity index (χ4n) is 3.76. The van der Waals surface area contributed by atoms with Crippen LogP contribution in [0.3, 0.4) is 0 Å². The first kappa shape index (κ1) is 24.9. The average molecular weight is 462 g/mol. The molecule has 0 aromatic heterocycles. The lowest BCUT2D eigenvalue weighted by Crippen LogP contribution is -2.41. The first-order chi connectivity index (χ1) is 15.6. The Morgan fingerprint density at radius 2 is 2.00 bits per heavy atom. The molecule has 0 spiro atoms. The molecule has 1 heterocycles. The second-order valence-electron chi connectivity index (χ2n) is 7.86. The molecular weight excluding hydrogens is 428 g/mol. The van der Waals surface area contributed by atoms with Crippen molar-refractivity contribution >= 4 is 12.2 Å². The van der Waals surface area contributed by atoms with Gasteiger partial charge in [0.25, 0.3) is 0 Å². The van der Waals surface area contributed by atoms with Crippen LogP contribution in [-0.4, -0.2) is 64.6 Å². The summed E-state index contributed by atoms with van der Waals surface area (Å²) in [5, 5.41) is 24.1. The van der Waals surface area contributed by atoms with Crippen LogP contribution >= 0.6 is 0 Å². The number of aliphatic hydroxyl groups is 2. The van der Waals surface area contributed by atoms with Crippen LogP contribution in [0, 0.1) is 0 Å². The summed E-state index contributed by atoms with van der Waals surface area (Å²) >= 11 is -0.0164. The Balaban J connectivity index is 1.60. The summed E-state index contributed by atoms with van der Waals surface area (Å²) in [6.45, 7) is 4.41. The number of nitrogens with one attached hydrogen (secondary N) is 2. The van der Waals surface area contributed by atoms with E-state index in [9.17, 15) is 10.2 Å². The summed E-state index contributed by atoms with van der Waals surface area (Å²) < 4.78 is 22.9. The monoisotopic (exact) mass is 461 g/mol. The second kappa shape index (κ2) is 13.1. The van der Waals surface area contributed by atoms with Gasteiger partial charge < -0.3 is 25.0 Å². The Labute approximate surface area is 193 Å². The van der Waals surface area contributed by atoms with E-state index in [1.165, 1.54) is 5.56 Å². The van der Waals surface area contributed by atoms with Crippen molar-refractivity contribution < 1.29 is 24.2 Å². The van der Waals surface area contributed by atoms with Crippen molar-refractivity contribution in [3.63, 3.8) is 0 Å². The molecule has 4 unspecified atom stereocenters. The van der Waals surface area contributed by atoms with E-state index >= 15 is 0 Å². The highest BCUT2D eigenvalue weighted by atomic mass is 32.2. The minimum atomic E-state index is -0.740. The molecule has 8 heteroatoms. The highest BCUT2D eigenvalue weighted by Gasteiger charge is 2.25. The Morgan fingerprint density at radius 1 is 1.22 bits per heavy atom. The molecule has 174 valence electrons. The van der Waals surface area contributed by atoms with Crippen LogP contribution in [0.5, 0.6) is 0 Å². The van der Waals surface area contributed by atoms with E-state index in [0.29, 0.717) is 12.1 Å². The first-order valence-corrected chi connectivity index (χ1v) is 11.6. The normalized spacial score (nSPS) is 27.4. The maximum atomic E-state index is 10.7. The van der Waals surface area contributed by atoms with Crippen molar-refractivity contribution in [3.8, 4) is 0 Å². The predicted octanol–water partition coefficient (Wildman–Crippen LogP) is 1.44. The molecule has 32 heavy (non-hydrogen) atoms. The number of hydrogen-bond donors (Lipinski definition) is 5. The number of benzene rings is 1. The van der Waals surface area contributed by atoms with Gasteiger partial charge in [-0.25, -0.2) is 0 Å². The van der Waals surface area contributed by atoms with Gasteiger partial charge in [-0.05, 0) is 24.0 Å². The zero-order valence-electron chi connectivity index (χ0n) is 18.0. The zero-order chi connectivity index (χ0) is 22.8.